The third-order valence-electron chi connectivity index (χ3n) is 4.14. The van der Waals surface area contributed by atoms with Crippen molar-refractivity contribution in [2.24, 2.45) is 0 Å². The Bertz CT molecular complexity index is 1180. The highest BCUT2D eigenvalue weighted by Crippen LogP contribution is 2.16. The molecule has 0 spiro atoms. The van der Waals surface area contributed by atoms with Gasteiger partial charge in [-0.3, -0.25) is 9.59 Å². The van der Waals surface area contributed by atoms with Crippen LogP contribution in [0.3, 0.4) is 0 Å². The van der Waals surface area contributed by atoms with Gasteiger partial charge >= 0.3 is 0 Å². The third-order valence-corrected chi connectivity index (χ3v) is 4.14. The minimum Gasteiger partial charge on any atom is -0.323 e. The number of aryl methyl sites for hydroxylation is 2. The number of fused-ring (bicyclic) bond motifs is 2. The van der Waals surface area contributed by atoms with E-state index in [1.807, 2.05) is 48.0 Å². The Morgan fingerprint density at radius 3 is 2.92 bits per heavy atom. The molecule has 3 heterocycles. The highest BCUT2D eigenvalue weighted by atomic mass is 16.1. The number of hydrogen-bond donors (Lipinski definition) is 2. The van der Waals surface area contributed by atoms with Gasteiger partial charge in [0.25, 0.3) is 5.56 Å². The Labute approximate surface area is 148 Å². The van der Waals surface area contributed by atoms with Crippen molar-refractivity contribution in [2.45, 2.75) is 19.8 Å². The van der Waals surface area contributed by atoms with Crippen LogP contribution in [0, 0.1) is 6.92 Å². The summed E-state index contributed by atoms with van der Waals surface area (Å²) < 4.78 is 1.86. The number of nitrogens with zero attached hydrogens (tertiary/aromatic N) is 3. The van der Waals surface area contributed by atoms with Gasteiger partial charge < -0.3 is 14.7 Å². The number of carbonyl (C=O) groups is 1. The number of amides is 1. The van der Waals surface area contributed by atoms with Gasteiger partial charge in [-0.25, -0.2) is 9.97 Å². The Morgan fingerprint density at radius 2 is 2.04 bits per heavy atom. The summed E-state index contributed by atoms with van der Waals surface area (Å²) >= 11 is 0. The molecule has 0 radical (unpaired) electrons. The molecule has 0 unspecified atom stereocenters. The minimum absolute atomic E-state index is 0.162. The van der Waals surface area contributed by atoms with Gasteiger partial charge in [0, 0.05) is 25.2 Å². The van der Waals surface area contributed by atoms with Gasteiger partial charge in [-0.2, -0.15) is 0 Å². The second-order valence-corrected chi connectivity index (χ2v) is 6.11. The standard InChI is InChI=1S/C19H17N5O2/c1-12-11-24-10-4-7-15(18(24)20-12)22-17(25)9-8-16-19(26)23-14-6-3-2-5-13(14)21-16/h2-7,10-11H,8-9H2,1H3,(H,22,25)(H,23,26). The maximum Gasteiger partial charge on any atom is 0.270 e. The minimum atomic E-state index is -0.262. The van der Waals surface area contributed by atoms with Crippen molar-refractivity contribution in [1.82, 2.24) is 19.4 Å². The van der Waals surface area contributed by atoms with E-state index in [0.717, 1.165) is 5.69 Å². The van der Waals surface area contributed by atoms with Crippen LogP contribution in [-0.4, -0.2) is 25.3 Å². The SMILES string of the molecule is Cc1cn2cccc(NC(=O)CCc3nc4ccccc4[nH]c3=O)c2n1. The number of carbonyl (C=O) groups excluding carboxylic acids is 1. The summed E-state index contributed by atoms with van der Waals surface area (Å²) in [6.07, 6.45) is 4.20. The second kappa shape index (κ2) is 6.44. The van der Waals surface area contributed by atoms with Gasteiger partial charge in [0.15, 0.2) is 5.65 Å². The van der Waals surface area contributed by atoms with E-state index in [2.05, 4.69) is 20.3 Å². The van der Waals surface area contributed by atoms with Crippen LogP contribution in [0.25, 0.3) is 16.7 Å². The number of anilines is 1. The molecule has 1 aromatic carbocycles. The normalized spacial score (nSPS) is 11.1. The zero-order chi connectivity index (χ0) is 18.1. The fraction of sp³-hybridized carbons (Fsp3) is 0.158. The van der Waals surface area contributed by atoms with Crippen molar-refractivity contribution in [3.8, 4) is 0 Å². The molecule has 7 nitrogen and oxygen atoms in total. The van der Waals surface area contributed by atoms with E-state index in [0.29, 0.717) is 28.1 Å². The smallest absolute Gasteiger partial charge is 0.270 e. The molecule has 0 aliphatic rings. The first-order valence-electron chi connectivity index (χ1n) is 8.32. The number of benzene rings is 1. The van der Waals surface area contributed by atoms with Crippen LogP contribution in [0.5, 0.6) is 0 Å². The summed E-state index contributed by atoms with van der Waals surface area (Å²) in [7, 11) is 0. The van der Waals surface area contributed by atoms with Crippen molar-refractivity contribution in [3.63, 3.8) is 0 Å². The molecule has 26 heavy (non-hydrogen) atoms. The summed E-state index contributed by atoms with van der Waals surface area (Å²) in [5.41, 5.74) is 3.70. The highest BCUT2D eigenvalue weighted by Gasteiger charge is 2.11. The quantitative estimate of drug-likeness (QED) is 0.593. The van der Waals surface area contributed by atoms with Crippen molar-refractivity contribution >= 4 is 28.3 Å². The number of H-pyrrole nitrogens is 1. The molecule has 0 aliphatic heterocycles. The Morgan fingerprint density at radius 1 is 1.19 bits per heavy atom. The van der Waals surface area contributed by atoms with Gasteiger partial charge in [-0.1, -0.05) is 12.1 Å². The summed E-state index contributed by atoms with van der Waals surface area (Å²) in [6, 6.07) is 11.0. The van der Waals surface area contributed by atoms with E-state index in [-0.39, 0.29) is 24.3 Å². The van der Waals surface area contributed by atoms with Gasteiger partial charge in [0.1, 0.15) is 5.69 Å². The number of aromatic amines is 1. The fourth-order valence-corrected chi connectivity index (χ4v) is 2.91. The van der Waals surface area contributed by atoms with E-state index < -0.39 is 0 Å². The predicted octanol–water partition coefficient (Wildman–Crippen LogP) is 2.45. The number of nitrogens with one attached hydrogen (secondary N) is 2. The van der Waals surface area contributed by atoms with Gasteiger partial charge in [-0.15, -0.1) is 0 Å². The molecule has 0 saturated carbocycles. The van der Waals surface area contributed by atoms with E-state index >= 15 is 0 Å². The Kier molecular flexibility index (Phi) is 3.96. The lowest BCUT2D eigenvalue weighted by Gasteiger charge is -2.06. The lowest BCUT2D eigenvalue weighted by atomic mass is 10.2. The maximum absolute atomic E-state index is 12.3. The molecule has 0 bridgehead atoms. The van der Waals surface area contributed by atoms with Gasteiger partial charge in [0.2, 0.25) is 5.91 Å². The second-order valence-electron chi connectivity index (χ2n) is 6.11. The number of pyridine rings is 1. The molecule has 0 atom stereocenters. The van der Waals surface area contributed by atoms with Crippen LogP contribution in [0.1, 0.15) is 17.8 Å². The first-order valence-corrected chi connectivity index (χ1v) is 8.32. The molecule has 4 aromatic rings. The number of aromatic nitrogens is 4. The Hall–Kier alpha value is -3.48. The average molecular weight is 347 g/mol. The molecule has 3 aromatic heterocycles. The van der Waals surface area contributed by atoms with Crippen LogP contribution in [0.2, 0.25) is 0 Å². The van der Waals surface area contributed by atoms with Gasteiger partial charge in [0.05, 0.1) is 22.4 Å². The topological polar surface area (TPSA) is 92.1 Å². The summed E-state index contributed by atoms with van der Waals surface area (Å²) in [6.45, 7) is 1.90. The maximum atomic E-state index is 12.3. The molecule has 4 rings (SSSR count). The van der Waals surface area contributed by atoms with E-state index in [1.165, 1.54) is 0 Å². The average Bonchev–Trinajstić information content (AvgIpc) is 3.01. The number of para-hydroxylation sites is 2. The van der Waals surface area contributed by atoms with Crippen molar-refractivity contribution in [3.05, 3.63) is 70.5 Å². The first kappa shape index (κ1) is 16.0. The predicted molar refractivity (Wildman–Crippen MR) is 99.2 cm³/mol. The largest absolute Gasteiger partial charge is 0.323 e. The monoisotopic (exact) mass is 347 g/mol. The molecule has 0 aliphatic carbocycles. The van der Waals surface area contributed by atoms with Gasteiger partial charge in [-0.05, 0) is 31.2 Å². The molecule has 0 fully saturated rings. The van der Waals surface area contributed by atoms with Crippen molar-refractivity contribution < 1.29 is 4.79 Å². The van der Waals surface area contributed by atoms with E-state index in [9.17, 15) is 9.59 Å². The molecular formula is C19H17N5O2. The summed E-state index contributed by atoms with van der Waals surface area (Å²) in [5, 5.41) is 2.86. The number of imidazole rings is 1. The van der Waals surface area contributed by atoms with Crippen molar-refractivity contribution in [1.29, 1.82) is 0 Å². The number of rotatable bonds is 4. The molecule has 2 N–H and O–H groups in total. The molecular weight excluding hydrogens is 330 g/mol. The van der Waals surface area contributed by atoms with E-state index in [1.54, 1.807) is 12.1 Å². The van der Waals surface area contributed by atoms with Crippen LogP contribution in [-0.2, 0) is 11.2 Å². The molecule has 7 heteroatoms. The first-order chi connectivity index (χ1) is 12.6. The third kappa shape index (κ3) is 3.06. The lowest BCUT2D eigenvalue weighted by molar-refractivity contribution is -0.116. The zero-order valence-electron chi connectivity index (χ0n) is 14.2. The van der Waals surface area contributed by atoms with Crippen molar-refractivity contribution in [2.75, 3.05) is 5.32 Å². The summed E-state index contributed by atoms with van der Waals surface area (Å²) in [4.78, 5) is 36.0. The molecule has 0 saturated heterocycles. The zero-order valence-corrected chi connectivity index (χ0v) is 14.2. The highest BCUT2D eigenvalue weighted by molar-refractivity contribution is 5.94. The number of hydrogen-bond acceptors (Lipinski definition) is 4. The lowest BCUT2D eigenvalue weighted by Crippen LogP contribution is -2.19. The van der Waals surface area contributed by atoms with Crippen LogP contribution in [0.15, 0.2) is 53.6 Å². The van der Waals surface area contributed by atoms with E-state index in [4.69, 9.17) is 0 Å². The van der Waals surface area contributed by atoms with Crippen LogP contribution >= 0.6 is 0 Å². The molecule has 1 amide bonds. The van der Waals surface area contributed by atoms with Crippen LogP contribution in [0.4, 0.5) is 5.69 Å². The van der Waals surface area contributed by atoms with Crippen LogP contribution < -0.4 is 10.9 Å². The molecule has 130 valence electrons. The fourth-order valence-electron chi connectivity index (χ4n) is 2.91. The summed E-state index contributed by atoms with van der Waals surface area (Å²) in [5.74, 6) is -0.187. The Balaban J connectivity index is 1.50.